The smallest absolute Gasteiger partial charge is 0.0538 e. The van der Waals surface area contributed by atoms with Crippen molar-refractivity contribution in [2.75, 3.05) is 13.7 Å². The monoisotopic (exact) mass is 212 g/mol. The van der Waals surface area contributed by atoms with Crippen molar-refractivity contribution < 1.29 is 4.74 Å². The van der Waals surface area contributed by atoms with Crippen molar-refractivity contribution in [3.63, 3.8) is 0 Å². The molecule has 2 atom stereocenters. The summed E-state index contributed by atoms with van der Waals surface area (Å²) >= 11 is 0. The average Bonchev–Trinajstić information content (AvgIpc) is 2.63. The highest BCUT2D eigenvalue weighted by molar-refractivity contribution is 5.10. The Balaban J connectivity index is 2.62. The number of hydrogen-bond donors (Lipinski definition) is 2. The van der Waals surface area contributed by atoms with Gasteiger partial charge in [-0.2, -0.15) is 5.10 Å². The molecule has 0 aliphatic carbocycles. The van der Waals surface area contributed by atoms with Gasteiger partial charge in [-0.25, -0.2) is 0 Å². The number of rotatable bonds is 6. The van der Waals surface area contributed by atoms with Crippen LogP contribution in [-0.2, 0) is 11.8 Å². The lowest BCUT2D eigenvalue weighted by molar-refractivity contribution is 0.170. The SMILES string of the molecule is COCCC(C)C(NN)c1cnn(C)c1. The first kappa shape index (κ1) is 12.2. The minimum absolute atomic E-state index is 0.133. The molecule has 0 aliphatic rings. The van der Waals surface area contributed by atoms with Crippen molar-refractivity contribution in [1.82, 2.24) is 15.2 Å². The number of hydrogen-bond acceptors (Lipinski definition) is 4. The third kappa shape index (κ3) is 3.30. The first-order chi connectivity index (χ1) is 7.19. The molecule has 0 saturated carbocycles. The van der Waals surface area contributed by atoms with Crippen LogP contribution in [0.4, 0.5) is 0 Å². The van der Waals surface area contributed by atoms with Crippen LogP contribution in [0, 0.1) is 5.92 Å². The Hall–Kier alpha value is -0.910. The molecule has 0 radical (unpaired) electrons. The molecule has 0 fully saturated rings. The van der Waals surface area contributed by atoms with Gasteiger partial charge in [0.2, 0.25) is 0 Å². The van der Waals surface area contributed by atoms with Gasteiger partial charge in [-0.1, -0.05) is 6.92 Å². The third-order valence-electron chi connectivity index (χ3n) is 2.61. The molecule has 86 valence electrons. The molecule has 2 unspecified atom stereocenters. The molecule has 5 nitrogen and oxygen atoms in total. The van der Waals surface area contributed by atoms with Crippen molar-refractivity contribution >= 4 is 0 Å². The second-order valence-corrected chi connectivity index (χ2v) is 3.85. The maximum absolute atomic E-state index is 5.56. The Morgan fingerprint density at radius 2 is 2.40 bits per heavy atom. The molecule has 0 aliphatic heterocycles. The number of hydrazine groups is 1. The van der Waals surface area contributed by atoms with Gasteiger partial charge in [0, 0.05) is 32.5 Å². The van der Waals surface area contributed by atoms with E-state index in [1.165, 1.54) is 0 Å². The maximum Gasteiger partial charge on any atom is 0.0538 e. The largest absolute Gasteiger partial charge is 0.385 e. The summed E-state index contributed by atoms with van der Waals surface area (Å²) in [5, 5.41) is 4.14. The topological polar surface area (TPSA) is 65.1 Å². The standard InChI is InChI=1S/C10H20N4O/c1-8(4-5-15-3)10(13-11)9-6-12-14(2)7-9/h6-8,10,13H,4-5,11H2,1-3H3. The average molecular weight is 212 g/mol. The van der Waals surface area contributed by atoms with Gasteiger partial charge in [-0.3, -0.25) is 16.0 Å². The van der Waals surface area contributed by atoms with Crippen LogP contribution in [0.3, 0.4) is 0 Å². The quantitative estimate of drug-likeness (QED) is 0.535. The van der Waals surface area contributed by atoms with E-state index in [-0.39, 0.29) is 6.04 Å². The summed E-state index contributed by atoms with van der Waals surface area (Å²) < 4.78 is 6.84. The summed E-state index contributed by atoms with van der Waals surface area (Å²) in [4.78, 5) is 0. The highest BCUT2D eigenvalue weighted by atomic mass is 16.5. The lowest BCUT2D eigenvalue weighted by atomic mass is 9.95. The van der Waals surface area contributed by atoms with E-state index in [0.717, 1.165) is 18.6 Å². The first-order valence-electron chi connectivity index (χ1n) is 5.12. The fraction of sp³-hybridized carbons (Fsp3) is 0.700. The number of nitrogens with zero attached hydrogens (tertiary/aromatic N) is 2. The highest BCUT2D eigenvalue weighted by Gasteiger charge is 2.18. The molecule has 5 heteroatoms. The molecule has 1 aromatic heterocycles. The van der Waals surface area contributed by atoms with Gasteiger partial charge in [-0.15, -0.1) is 0 Å². The molecule has 0 bridgehead atoms. The van der Waals surface area contributed by atoms with Gasteiger partial charge in [0.25, 0.3) is 0 Å². The Labute approximate surface area is 90.6 Å². The van der Waals surface area contributed by atoms with E-state index in [2.05, 4.69) is 17.4 Å². The predicted molar refractivity (Wildman–Crippen MR) is 58.9 cm³/mol. The minimum Gasteiger partial charge on any atom is -0.385 e. The number of methoxy groups -OCH3 is 1. The molecular weight excluding hydrogens is 192 g/mol. The zero-order valence-corrected chi connectivity index (χ0v) is 9.60. The van der Waals surface area contributed by atoms with E-state index in [4.69, 9.17) is 10.6 Å². The summed E-state index contributed by atoms with van der Waals surface area (Å²) in [5.74, 6) is 5.97. The fourth-order valence-electron chi connectivity index (χ4n) is 1.66. The van der Waals surface area contributed by atoms with E-state index < -0.39 is 0 Å². The van der Waals surface area contributed by atoms with Gasteiger partial charge < -0.3 is 4.74 Å². The van der Waals surface area contributed by atoms with Crippen LogP contribution < -0.4 is 11.3 Å². The van der Waals surface area contributed by atoms with E-state index in [9.17, 15) is 0 Å². The van der Waals surface area contributed by atoms with Crippen molar-refractivity contribution in [2.24, 2.45) is 18.8 Å². The first-order valence-corrected chi connectivity index (χ1v) is 5.12. The van der Waals surface area contributed by atoms with Crippen LogP contribution in [0.15, 0.2) is 12.4 Å². The highest BCUT2D eigenvalue weighted by Crippen LogP contribution is 2.22. The second-order valence-electron chi connectivity index (χ2n) is 3.85. The lowest BCUT2D eigenvalue weighted by Crippen LogP contribution is -2.32. The maximum atomic E-state index is 5.56. The zero-order valence-electron chi connectivity index (χ0n) is 9.60. The number of ether oxygens (including phenoxy) is 1. The van der Waals surface area contributed by atoms with Crippen molar-refractivity contribution in [1.29, 1.82) is 0 Å². The number of nitrogens with two attached hydrogens (primary N) is 1. The minimum atomic E-state index is 0.133. The predicted octanol–water partition coefficient (Wildman–Crippen LogP) is 0.597. The van der Waals surface area contributed by atoms with E-state index in [0.29, 0.717) is 5.92 Å². The zero-order chi connectivity index (χ0) is 11.3. The summed E-state index contributed by atoms with van der Waals surface area (Å²) in [6.45, 7) is 2.90. The van der Waals surface area contributed by atoms with Crippen LogP contribution in [0.25, 0.3) is 0 Å². The van der Waals surface area contributed by atoms with E-state index in [1.54, 1.807) is 11.8 Å². The summed E-state index contributed by atoms with van der Waals surface area (Å²) in [6, 6.07) is 0.133. The van der Waals surface area contributed by atoms with E-state index >= 15 is 0 Å². The number of aryl methyl sites for hydroxylation is 1. The third-order valence-corrected chi connectivity index (χ3v) is 2.61. The normalized spacial score (nSPS) is 15.2. The van der Waals surface area contributed by atoms with Gasteiger partial charge >= 0.3 is 0 Å². The Morgan fingerprint density at radius 3 is 2.87 bits per heavy atom. The second kappa shape index (κ2) is 5.85. The molecule has 15 heavy (non-hydrogen) atoms. The van der Waals surface area contributed by atoms with Crippen molar-refractivity contribution in [3.05, 3.63) is 18.0 Å². The molecular formula is C10H20N4O. The molecule has 1 rings (SSSR count). The molecule has 0 spiro atoms. The van der Waals surface area contributed by atoms with Gasteiger partial charge in [0.15, 0.2) is 0 Å². The van der Waals surface area contributed by atoms with Crippen LogP contribution in [0.1, 0.15) is 24.9 Å². The van der Waals surface area contributed by atoms with E-state index in [1.807, 2.05) is 19.4 Å². The van der Waals surface area contributed by atoms with Crippen LogP contribution in [-0.4, -0.2) is 23.5 Å². The van der Waals surface area contributed by atoms with Crippen LogP contribution in [0.2, 0.25) is 0 Å². The van der Waals surface area contributed by atoms with Crippen LogP contribution >= 0.6 is 0 Å². The summed E-state index contributed by atoms with van der Waals surface area (Å²) in [7, 11) is 3.61. The molecule has 0 aromatic carbocycles. The fourth-order valence-corrected chi connectivity index (χ4v) is 1.66. The molecule has 0 amide bonds. The Kier molecular flexibility index (Phi) is 4.74. The van der Waals surface area contributed by atoms with Crippen molar-refractivity contribution in [2.45, 2.75) is 19.4 Å². The molecule has 3 N–H and O–H groups in total. The van der Waals surface area contributed by atoms with Gasteiger partial charge in [0.1, 0.15) is 0 Å². The Morgan fingerprint density at radius 1 is 1.67 bits per heavy atom. The molecule has 1 heterocycles. The van der Waals surface area contributed by atoms with Crippen molar-refractivity contribution in [3.8, 4) is 0 Å². The molecule has 1 aromatic rings. The molecule has 0 saturated heterocycles. The van der Waals surface area contributed by atoms with Gasteiger partial charge in [0.05, 0.1) is 12.2 Å². The number of aromatic nitrogens is 2. The van der Waals surface area contributed by atoms with Crippen LogP contribution in [0.5, 0.6) is 0 Å². The summed E-state index contributed by atoms with van der Waals surface area (Å²) in [6.07, 6.45) is 4.79. The summed E-state index contributed by atoms with van der Waals surface area (Å²) in [5.41, 5.74) is 3.95. The lowest BCUT2D eigenvalue weighted by Gasteiger charge is -2.21. The van der Waals surface area contributed by atoms with Gasteiger partial charge in [-0.05, 0) is 12.3 Å². The Bertz CT molecular complexity index is 287. The number of nitrogens with one attached hydrogen (secondary N) is 1.